The molecule has 1 amide bonds. The van der Waals surface area contributed by atoms with E-state index in [1.165, 1.54) is 28.9 Å². The maximum Gasteiger partial charge on any atom is 0.272 e. The number of hydrogen-bond acceptors (Lipinski definition) is 3. The first-order valence-corrected chi connectivity index (χ1v) is 8.43. The predicted molar refractivity (Wildman–Crippen MR) is 96.2 cm³/mol. The first-order chi connectivity index (χ1) is 12.7. The smallest absolute Gasteiger partial charge is 0.272 e. The second-order valence-electron chi connectivity index (χ2n) is 5.81. The molecule has 0 saturated carbocycles. The highest BCUT2D eigenvalue weighted by Gasteiger charge is 2.16. The number of carbonyl (C=O) groups is 1. The zero-order chi connectivity index (χ0) is 18.4. The number of rotatable bonds is 7. The van der Waals surface area contributed by atoms with E-state index in [1.54, 1.807) is 12.3 Å². The monoisotopic (exact) mass is 353 g/mol. The molecule has 1 aromatic heterocycles. The van der Waals surface area contributed by atoms with Gasteiger partial charge in [-0.2, -0.15) is 5.10 Å². The molecule has 0 bridgehead atoms. The maximum atomic E-state index is 12.9. The Hall–Kier alpha value is -3.15. The Kier molecular flexibility index (Phi) is 5.63. The van der Waals surface area contributed by atoms with E-state index < -0.39 is 0 Å². The lowest BCUT2D eigenvalue weighted by molar-refractivity contribution is 0.0928. The van der Waals surface area contributed by atoms with E-state index in [1.807, 2.05) is 37.3 Å². The van der Waals surface area contributed by atoms with Gasteiger partial charge in [0.05, 0.1) is 6.04 Å². The summed E-state index contributed by atoms with van der Waals surface area (Å²) in [6.45, 7) is 2.15. The van der Waals surface area contributed by atoms with Crippen molar-refractivity contribution in [2.24, 2.45) is 0 Å². The lowest BCUT2D eigenvalue weighted by Crippen LogP contribution is -2.28. The molecule has 1 heterocycles. The van der Waals surface area contributed by atoms with Gasteiger partial charge < -0.3 is 10.1 Å². The largest absolute Gasteiger partial charge is 0.471 e. The van der Waals surface area contributed by atoms with Crippen molar-refractivity contribution in [1.82, 2.24) is 15.1 Å². The van der Waals surface area contributed by atoms with Gasteiger partial charge in [0.1, 0.15) is 17.3 Å². The van der Waals surface area contributed by atoms with Crippen molar-refractivity contribution in [2.75, 3.05) is 0 Å². The van der Waals surface area contributed by atoms with Crippen LogP contribution in [0.3, 0.4) is 0 Å². The molecule has 6 heteroatoms. The molecule has 0 fully saturated rings. The van der Waals surface area contributed by atoms with Crippen LogP contribution in [0.4, 0.5) is 4.39 Å². The van der Waals surface area contributed by atoms with Crippen molar-refractivity contribution in [3.63, 3.8) is 0 Å². The van der Waals surface area contributed by atoms with Crippen LogP contribution in [-0.4, -0.2) is 15.7 Å². The van der Waals surface area contributed by atoms with Crippen molar-refractivity contribution in [3.05, 3.63) is 83.9 Å². The zero-order valence-corrected chi connectivity index (χ0v) is 14.4. The van der Waals surface area contributed by atoms with Crippen LogP contribution in [0.25, 0.3) is 0 Å². The van der Waals surface area contributed by atoms with Crippen LogP contribution in [0.5, 0.6) is 5.75 Å². The number of aromatic nitrogens is 2. The van der Waals surface area contributed by atoms with E-state index in [0.29, 0.717) is 11.4 Å². The molecule has 1 atom stereocenters. The summed E-state index contributed by atoms with van der Waals surface area (Å²) in [6.07, 6.45) is 2.45. The molecule has 0 aliphatic rings. The number of carbonyl (C=O) groups excluding carboxylic acids is 1. The first-order valence-electron chi connectivity index (χ1n) is 8.43. The van der Waals surface area contributed by atoms with Crippen molar-refractivity contribution in [2.45, 2.75) is 26.1 Å². The lowest BCUT2D eigenvalue weighted by Gasteiger charge is -2.16. The molecule has 134 valence electrons. The van der Waals surface area contributed by atoms with Crippen molar-refractivity contribution in [1.29, 1.82) is 0 Å². The zero-order valence-electron chi connectivity index (χ0n) is 14.4. The molecule has 2 aromatic carbocycles. The summed E-state index contributed by atoms with van der Waals surface area (Å²) in [6, 6.07) is 17.1. The van der Waals surface area contributed by atoms with Gasteiger partial charge >= 0.3 is 0 Å². The Morgan fingerprint density at radius 2 is 1.88 bits per heavy atom. The summed E-state index contributed by atoms with van der Waals surface area (Å²) < 4.78 is 19.9. The van der Waals surface area contributed by atoms with Gasteiger partial charge in [0.15, 0.2) is 6.73 Å². The molecule has 0 aliphatic carbocycles. The molecule has 0 saturated heterocycles. The molecule has 3 aromatic rings. The fourth-order valence-electron chi connectivity index (χ4n) is 2.56. The Morgan fingerprint density at radius 3 is 2.58 bits per heavy atom. The van der Waals surface area contributed by atoms with Gasteiger partial charge in [0, 0.05) is 6.20 Å². The van der Waals surface area contributed by atoms with E-state index in [2.05, 4.69) is 10.4 Å². The number of amides is 1. The Morgan fingerprint density at radius 1 is 1.15 bits per heavy atom. The predicted octanol–water partition coefficient (Wildman–Crippen LogP) is 3.94. The standard InChI is InChI=1S/C20H20FN3O2/c1-2-18(15-6-4-3-5-7-15)22-20(25)19-12-13-24(23-19)14-26-17-10-8-16(21)9-11-17/h3-13,18H,2,14H2,1H3,(H,22,25). The Balaban J connectivity index is 1.59. The number of nitrogens with one attached hydrogen (secondary N) is 1. The van der Waals surface area contributed by atoms with E-state index >= 15 is 0 Å². The highest BCUT2D eigenvalue weighted by Crippen LogP contribution is 2.16. The molecule has 26 heavy (non-hydrogen) atoms. The minimum Gasteiger partial charge on any atom is -0.471 e. The Bertz CT molecular complexity index is 847. The molecular formula is C20H20FN3O2. The van der Waals surface area contributed by atoms with Crippen molar-refractivity contribution < 1.29 is 13.9 Å². The SMILES string of the molecule is CCC(NC(=O)c1ccn(COc2ccc(F)cc2)n1)c1ccccc1. The second-order valence-corrected chi connectivity index (χ2v) is 5.81. The third-order valence-corrected chi connectivity index (χ3v) is 3.97. The average Bonchev–Trinajstić information content (AvgIpc) is 3.15. The minimum absolute atomic E-state index is 0.0654. The van der Waals surface area contributed by atoms with Gasteiger partial charge in [0.2, 0.25) is 0 Å². The van der Waals surface area contributed by atoms with Crippen LogP contribution in [0.2, 0.25) is 0 Å². The molecule has 0 radical (unpaired) electrons. The fraction of sp³-hybridized carbons (Fsp3) is 0.200. The van der Waals surface area contributed by atoms with Gasteiger partial charge in [-0.25, -0.2) is 9.07 Å². The van der Waals surface area contributed by atoms with Gasteiger partial charge in [-0.1, -0.05) is 37.3 Å². The van der Waals surface area contributed by atoms with Crippen molar-refractivity contribution >= 4 is 5.91 Å². The van der Waals surface area contributed by atoms with Crippen LogP contribution >= 0.6 is 0 Å². The van der Waals surface area contributed by atoms with Gasteiger partial charge in [-0.3, -0.25) is 4.79 Å². The van der Waals surface area contributed by atoms with E-state index in [4.69, 9.17) is 4.74 Å². The van der Waals surface area contributed by atoms with E-state index in [-0.39, 0.29) is 24.5 Å². The summed E-state index contributed by atoms with van der Waals surface area (Å²) in [7, 11) is 0. The van der Waals surface area contributed by atoms with Crippen LogP contribution < -0.4 is 10.1 Å². The quantitative estimate of drug-likeness (QED) is 0.700. The number of halogens is 1. The summed E-state index contributed by atoms with van der Waals surface area (Å²) >= 11 is 0. The summed E-state index contributed by atoms with van der Waals surface area (Å²) in [5.74, 6) is -0.0245. The van der Waals surface area contributed by atoms with Gasteiger partial charge in [-0.15, -0.1) is 0 Å². The molecule has 0 spiro atoms. The molecular weight excluding hydrogens is 333 g/mol. The van der Waals surface area contributed by atoms with Gasteiger partial charge in [0.25, 0.3) is 5.91 Å². The number of benzene rings is 2. The fourth-order valence-corrected chi connectivity index (χ4v) is 2.56. The van der Waals surface area contributed by atoms with Crippen molar-refractivity contribution in [3.8, 4) is 5.75 Å². The molecule has 0 aliphatic heterocycles. The highest BCUT2D eigenvalue weighted by molar-refractivity contribution is 5.92. The molecule has 1 unspecified atom stereocenters. The van der Waals surface area contributed by atoms with E-state index in [9.17, 15) is 9.18 Å². The minimum atomic E-state index is -0.320. The van der Waals surface area contributed by atoms with Crippen LogP contribution in [0, 0.1) is 5.82 Å². The molecule has 5 nitrogen and oxygen atoms in total. The second kappa shape index (κ2) is 8.29. The third kappa shape index (κ3) is 4.47. The Labute approximate surface area is 151 Å². The van der Waals surface area contributed by atoms with Crippen LogP contribution in [0.1, 0.15) is 35.4 Å². The summed E-state index contributed by atoms with van der Waals surface area (Å²) in [4.78, 5) is 12.4. The van der Waals surface area contributed by atoms with Gasteiger partial charge in [-0.05, 0) is 42.3 Å². The van der Waals surface area contributed by atoms with E-state index in [0.717, 1.165) is 12.0 Å². The molecule has 1 N–H and O–H groups in total. The topological polar surface area (TPSA) is 56.2 Å². The number of hydrogen-bond donors (Lipinski definition) is 1. The van der Waals surface area contributed by atoms with Crippen LogP contribution in [0.15, 0.2) is 66.9 Å². The number of ether oxygens (including phenoxy) is 1. The molecule has 3 rings (SSSR count). The summed E-state index contributed by atoms with van der Waals surface area (Å²) in [5, 5.41) is 7.22. The highest BCUT2D eigenvalue weighted by atomic mass is 19.1. The summed E-state index contributed by atoms with van der Waals surface area (Å²) in [5.41, 5.74) is 1.38. The lowest BCUT2D eigenvalue weighted by atomic mass is 10.0. The van der Waals surface area contributed by atoms with Crippen LogP contribution in [-0.2, 0) is 6.73 Å². The maximum absolute atomic E-state index is 12.9. The average molecular weight is 353 g/mol. The first kappa shape index (κ1) is 17.7. The normalized spacial score (nSPS) is 11.8. The number of nitrogens with zero attached hydrogens (tertiary/aromatic N) is 2. The third-order valence-electron chi connectivity index (χ3n) is 3.97.